The Labute approximate surface area is 113 Å². The fourth-order valence-electron chi connectivity index (χ4n) is 2.77. The predicted molar refractivity (Wildman–Crippen MR) is 75.7 cm³/mol. The molecule has 2 nitrogen and oxygen atoms in total. The first-order valence-electron chi connectivity index (χ1n) is 6.82. The molecule has 0 spiro atoms. The number of phenolic OH excluding ortho intramolecular Hbond substituents is 1. The van der Waals surface area contributed by atoms with Gasteiger partial charge in [-0.3, -0.25) is 0 Å². The largest absolute Gasteiger partial charge is 0.508 e. The maximum Gasteiger partial charge on any atom is 0.123 e. The number of fused-ring (bicyclic) bond motifs is 1. The molecule has 0 fully saturated rings. The molecule has 0 saturated heterocycles. The van der Waals surface area contributed by atoms with Crippen molar-refractivity contribution >= 4 is 0 Å². The lowest BCUT2D eigenvalue weighted by Gasteiger charge is -2.32. The Hall–Kier alpha value is -1.96. The van der Waals surface area contributed by atoms with Gasteiger partial charge >= 0.3 is 0 Å². The van der Waals surface area contributed by atoms with E-state index >= 15 is 0 Å². The van der Waals surface area contributed by atoms with Crippen molar-refractivity contribution in [2.24, 2.45) is 0 Å². The highest BCUT2D eigenvalue weighted by molar-refractivity contribution is 5.44. The molecular weight excluding hydrogens is 236 g/mol. The standard InChI is InChI=1S/C17H18O2/c1-2-14-11-16(12-7-9-13(18)10-8-12)15-5-3-4-6-17(15)19-14/h3-10,14,16,18H,2,11H2,1H3. The van der Waals surface area contributed by atoms with Crippen molar-refractivity contribution in [2.75, 3.05) is 0 Å². The van der Waals surface area contributed by atoms with E-state index in [0.717, 1.165) is 18.6 Å². The molecule has 1 aliphatic heterocycles. The van der Waals surface area contributed by atoms with E-state index in [1.165, 1.54) is 11.1 Å². The predicted octanol–water partition coefficient (Wildman–Crippen LogP) is 4.09. The van der Waals surface area contributed by atoms with E-state index in [1.54, 1.807) is 12.1 Å². The van der Waals surface area contributed by atoms with Crippen molar-refractivity contribution in [3.63, 3.8) is 0 Å². The maximum atomic E-state index is 9.42. The molecular formula is C17H18O2. The number of ether oxygens (including phenoxy) is 1. The fourth-order valence-corrected chi connectivity index (χ4v) is 2.77. The van der Waals surface area contributed by atoms with Crippen LogP contribution in [-0.4, -0.2) is 11.2 Å². The van der Waals surface area contributed by atoms with Crippen LogP contribution in [0.25, 0.3) is 0 Å². The number of aromatic hydroxyl groups is 1. The Morgan fingerprint density at radius 3 is 2.58 bits per heavy atom. The van der Waals surface area contributed by atoms with Crippen molar-refractivity contribution < 1.29 is 9.84 Å². The van der Waals surface area contributed by atoms with E-state index in [2.05, 4.69) is 19.1 Å². The molecule has 98 valence electrons. The summed E-state index contributed by atoms with van der Waals surface area (Å²) in [6.45, 7) is 2.16. The van der Waals surface area contributed by atoms with Crippen LogP contribution in [0.5, 0.6) is 11.5 Å². The molecule has 2 heteroatoms. The topological polar surface area (TPSA) is 29.5 Å². The summed E-state index contributed by atoms with van der Waals surface area (Å²) in [5, 5.41) is 9.42. The Balaban J connectivity index is 2.02. The van der Waals surface area contributed by atoms with Gasteiger partial charge in [0.1, 0.15) is 11.5 Å². The molecule has 2 unspecified atom stereocenters. The second kappa shape index (κ2) is 4.96. The van der Waals surface area contributed by atoms with Crippen LogP contribution in [0.15, 0.2) is 48.5 Å². The van der Waals surface area contributed by atoms with E-state index in [0.29, 0.717) is 11.7 Å². The van der Waals surface area contributed by atoms with E-state index in [1.807, 2.05) is 24.3 Å². The molecule has 3 rings (SSSR count). The molecule has 0 aromatic heterocycles. The van der Waals surface area contributed by atoms with Gasteiger partial charge in [0.15, 0.2) is 0 Å². The van der Waals surface area contributed by atoms with E-state index in [9.17, 15) is 5.11 Å². The molecule has 2 aromatic rings. The number of hydrogen-bond donors (Lipinski definition) is 1. The highest BCUT2D eigenvalue weighted by atomic mass is 16.5. The van der Waals surface area contributed by atoms with Crippen molar-refractivity contribution in [3.8, 4) is 11.5 Å². The van der Waals surface area contributed by atoms with Gasteiger partial charge in [-0.15, -0.1) is 0 Å². The molecule has 2 aromatic carbocycles. The smallest absolute Gasteiger partial charge is 0.123 e. The SMILES string of the molecule is CCC1CC(c2ccc(O)cc2)c2ccccc2O1. The molecule has 1 heterocycles. The summed E-state index contributed by atoms with van der Waals surface area (Å²) in [6.07, 6.45) is 2.29. The van der Waals surface area contributed by atoms with Gasteiger partial charge in [0.05, 0.1) is 6.10 Å². The Morgan fingerprint density at radius 1 is 1.11 bits per heavy atom. The zero-order chi connectivity index (χ0) is 13.2. The first-order chi connectivity index (χ1) is 9.28. The zero-order valence-electron chi connectivity index (χ0n) is 11.0. The second-order valence-electron chi connectivity index (χ2n) is 5.07. The molecule has 1 N–H and O–H groups in total. The lowest BCUT2D eigenvalue weighted by molar-refractivity contribution is 0.161. The Morgan fingerprint density at radius 2 is 1.84 bits per heavy atom. The van der Waals surface area contributed by atoms with Crippen LogP contribution in [-0.2, 0) is 0 Å². The van der Waals surface area contributed by atoms with Crippen LogP contribution in [0.1, 0.15) is 36.8 Å². The van der Waals surface area contributed by atoms with Crippen molar-refractivity contribution in [3.05, 3.63) is 59.7 Å². The average Bonchev–Trinajstić information content (AvgIpc) is 2.47. The highest BCUT2D eigenvalue weighted by Crippen LogP contribution is 2.41. The van der Waals surface area contributed by atoms with Crippen LogP contribution in [0.2, 0.25) is 0 Å². The summed E-state index contributed by atoms with van der Waals surface area (Å²) in [5.74, 6) is 1.67. The Bertz CT molecular complexity index is 560. The van der Waals surface area contributed by atoms with Gasteiger partial charge in [-0.25, -0.2) is 0 Å². The molecule has 19 heavy (non-hydrogen) atoms. The summed E-state index contributed by atoms with van der Waals surface area (Å²) in [6, 6.07) is 15.8. The van der Waals surface area contributed by atoms with E-state index in [4.69, 9.17) is 4.74 Å². The summed E-state index contributed by atoms with van der Waals surface area (Å²) < 4.78 is 6.01. The van der Waals surface area contributed by atoms with Crippen molar-refractivity contribution in [2.45, 2.75) is 31.8 Å². The third kappa shape index (κ3) is 2.30. The second-order valence-corrected chi connectivity index (χ2v) is 5.07. The van der Waals surface area contributed by atoms with Gasteiger partial charge < -0.3 is 9.84 Å². The van der Waals surface area contributed by atoms with Gasteiger partial charge in [-0.1, -0.05) is 37.3 Å². The molecule has 0 amide bonds. The normalized spacial score (nSPS) is 21.5. The average molecular weight is 254 g/mol. The number of phenols is 1. The number of para-hydroxylation sites is 1. The van der Waals surface area contributed by atoms with Crippen LogP contribution in [0.4, 0.5) is 0 Å². The third-order valence-electron chi connectivity index (χ3n) is 3.84. The summed E-state index contributed by atoms with van der Waals surface area (Å²) in [7, 11) is 0. The zero-order valence-corrected chi connectivity index (χ0v) is 11.0. The van der Waals surface area contributed by atoms with Crippen LogP contribution in [0.3, 0.4) is 0 Å². The van der Waals surface area contributed by atoms with Crippen molar-refractivity contribution in [1.29, 1.82) is 0 Å². The fraction of sp³-hybridized carbons (Fsp3) is 0.294. The minimum atomic E-state index is 0.272. The number of benzene rings is 2. The quantitative estimate of drug-likeness (QED) is 0.874. The first kappa shape index (κ1) is 12.1. The van der Waals surface area contributed by atoms with Gasteiger partial charge in [0, 0.05) is 11.5 Å². The molecule has 0 bridgehead atoms. The van der Waals surface area contributed by atoms with E-state index < -0.39 is 0 Å². The first-order valence-corrected chi connectivity index (χ1v) is 6.82. The van der Waals surface area contributed by atoms with Crippen LogP contribution < -0.4 is 4.74 Å². The molecule has 2 atom stereocenters. The number of rotatable bonds is 2. The van der Waals surface area contributed by atoms with E-state index in [-0.39, 0.29) is 6.10 Å². The van der Waals surface area contributed by atoms with Crippen LogP contribution in [0, 0.1) is 0 Å². The van der Waals surface area contributed by atoms with Gasteiger partial charge in [-0.2, -0.15) is 0 Å². The van der Waals surface area contributed by atoms with Crippen molar-refractivity contribution in [1.82, 2.24) is 0 Å². The summed E-state index contributed by atoms with van der Waals surface area (Å²) in [5.41, 5.74) is 2.49. The minimum absolute atomic E-state index is 0.272. The van der Waals surface area contributed by atoms with Gasteiger partial charge in [0.25, 0.3) is 0 Å². The molecule has 0 aliphatic carbocycles. The maximum absolute atomic E-state index is 9.42. The third-order valence-corrected chi connectivity index (χ3v) is 3.84. The summed E-state index contributed by atoms with van der Waals surface area (Å²) in [4.78, 5) is 0. The number of hydrogen-bond acceptors (Lipinski definition) is 2. The monoisotopic (exact) mass is 254 g/mol. The highest BCUT2D eigenvalue weighted by Gasteiger charge is 2.28. The molecule has 0 saturated carbocycles. The lowest BCUT2D eigenvalue weighted by atomic mass is 9.83. The van der Waals surface area contributed by atoms with Gasteiger partial charge in [-0.05, 0) is 36.6 Å². The Kier molecular flexibility index (Phi) is 3.16. The molecule has 1 aliphatic rings. The lowest BCUT2D eigenvalue weighted by Crippen LogP contribution is -2.25. The van der Waals surface area contributed by atoms with Crippen LogP contribution >= 0.6 is 0 Å². The summed E-state index contributed by atoms with van der Waals surface area (Å²) >= 11 is 0. The minimum Gasteiger partial charge on any atom is -0.508 e. The molecule has 0 radical (unpaired) electrons. The van der Waals surface area contributed by atoms with Gasteiger partial charge in [0.2, 0.25) is 0 Å².